The van der Waals surface area contributed by atoms with Crippen molar-refractivity contribution in [3.8, 4) is 0 Å². The van der Waals surface area contributed by atoms with Gasteiger partial charge in [0, 0.05) is 18.7 Å². The van der Waals surface area contributed by atoms with Crippen molar-refractivity contribution in [2.45, 2.75) is 13.5 Å². The van der Waals surface area contributed by atoms with Crippen molar-refractivity contribution in [3.63, 3.8) is 0 Å². The van der Waals surface area contributed by atoms with Crippen molar-refractivity contribution in [1.29, 1.82) is 0 Å². The normalized spacial score (nSPS) is 9.79. The Morgan fingerprint density at radius 2 is 2.14 bits per heavy atom. The molecule has 0 fully saturated rings. The third-order valence-corrected chi connectivity index (χ3v) is 2.49. The second-order valence-electron chi connectivity index (χ2n) is 2.76. The van der Waals surface area contributed by atoms with Crippen LogP contribution >= 0.6 is 12.1 Å². The molecule has 0 aliphatic rings. The van der Waals surface area contributed by atoms with E-state index in [0.29, 0.717) is 6.54 Å². The van der Waals surface area contributed by atoms with Crippen molar-refractivity contribution in [2.75, 3.05) is 6.54 Å². The van der Waals surface area contributed by atoms with Crippen molar-refractivity contribution < 1.29 is 4.79 Å². The van der Waals surface area contributed by atoms with Crippen LogP contribution in [0.2, 0.25) is 0 Å². The van der Waals surface area contributed by atoms with Gasteiger partial charge in [-0.05, 0) is 5.56 Å². The fraction of sp³-hybridized carbons (Fsp3) is 0.300. The quantitative estimate of drug-likeness (QED) is 0.574. The maximum absolute atomic E-state index is 10.7. The SMILES string of the molecule is CCNSN(C=O)Cc1ccccc1. The summed E-state index contributed by atoms with van der Waals surface area (Å²) in [5.74, 6) is 0. The Labute approximate surface area is 88.8 Å². The van der Waals surface area contributed by atoms with Crippen LogP contribution in [0, 0.1) is 0 Å². The Morgan fingerprint density at radius 3 is 2.71 bits per heavy atom. The van der Waals surface area contributed by atoms with E-state index < -0.39 is 0 Å². The molecule has 1 aromatic rings. The minimum Gasteiger partial charge on any atom is -0.278 e. The lowest BCUT2D eigenvalue weighted by molar-refractivity contribution is -0.114. The average molecular weight is 210 g/mol. The molecular weight excluding hydrogens is 196 g/mol. The van der Waals surface area contributed by atoms with Gasteiger partial charge in [0.15, 0.2) is 0 Å². The summed E-state index contributed by atoms with van der Waals surface area (Å²) >= 11 is 1.33. The molecule has 0 saturated carbocycles. The van der Waals surface area contributed by atoms with Gasteiger partial charge in [-0.2, -0.15) is 0 Å². The molecule has 0 heterocycles. The van der Waals surface area contributed by atoms with E-state index in [1.165, 1.54) is 12.1 Å². The lowest BCUT2D eigenvalue weighted by Crippen LogP contribution is -2.19. The first-order chi connectivity index (χ1) is 6.86. The monoisotopic (exact) mass is 210 g/mol. The molecule has 0 radical (unpaired) electrons. The highest BCUT2D eigenvalue weighted by atomic mass is 32.2. The molecule has 0 aliphatic heterocycles. The number of nitrogens with zero attached hydrogens (tertiary/aromatic N) is 1. The number of carbonyl (C=O) groups is 1. The lowest BCUT2D eigenvalue weighted by atomic mass is 10.2. The summed E-state index contributed by atoms with van der Waals surface area (Å²) in [6, 6.07) is 9.91. The molecule has 1 N–H and O–H groups in total. The number of hydrogen-bond acceptors (Lipinski definition) is 3. The Kier molecular flexibility index (Phi) is 5.11. The van der Waals surface area contributed by atoms with Crippen molar-refractivity contribution in [1.82, 2.24) is 9.03 Å². The Morgan fingerprint density at radius 1 is 1.43 bits per heavy atom. The van der Waals surface area contributed by atoms with Crippen molar-refractivity contribution in [3.05, 3.63) is 35.9 Å². The van der Waals surface area contributed by atoms with Gasteiger partial charge >= 0.3 is 0 Å². The van der Waals surface area contributed by atoms with E-state index in [1.54, 1.807) is 4.31 Å². The molecule has 0 atom stereocenters. The second kappa shape index (κ2) is 6.45. The predicted octanol–water partition coefficient (Wildman–Crippen LogP) is 1.82. The molecule has 1 rings (SSSR count). The zero-order chi connectivity index (χ0) is 10.2. The summed E-state index contributed by atoms with van der Waals surface area (Å²) in [6.45, 7) is 3.46. The molecule has 1 aromatic carbocycles. The first kappa shape index (κ1) is 11.1. The van der Waals surface area contributed by atoms with Crippen LogP contribution in [0.1, 0.15) is 12.5 Å². The number of hydrogen-bond donors (Lipinski definition) is 1. The molecule has 3 nitrogen and oxygen atoms in total. The topological polar surface area (TPSA) is 32.3 Å². The van der Waals surface area contributed by atoms with Gasteiger partial charge < -0.3 is 0 Å². The minimum atomic E-state index is 0.627. The largest absolute Gasteiger partial charge is 0.278 e. The van der Waals surface area contributed by atoms with Crippen molar-refractivity contribution in [2.24, 2.45) is 0 Å². The fourth-order valence-corrected chi connectivity index (χ4v) is 1.55. The van der Waals surface area contributed by atoms with Gasteiger partial charge in [0.05, 0.1) is 6.54 Å². The number of amides is 1. The van der Waals surface area contributed by atoms with E-state index in [2.05, 4.69) is 4.72 Å². The van der Waals surface area contributed by atoms with Gasteiger partial charge in [0.2, 0.25) is 6.41 Å². The van der Waals surface area contributed by atoms with Gasteiger partial charge in [-0.1, -0.05) is 37.3 Å². The third-order valence-electron chi connectivity index (χ3n) is 1.62. The Bertz CT molecular complexity index is 266. The highest BCUT2D eigenvalue weighted by Gasteiger charge is 2.01. The summed E-state index contributed by atoms with van der Waals surface area (Å²) < 4.78 is 4.65. The molecule has 76 valence electrons. The molecule has 0 aromatic heterocycles. The van der Waals surface area contributed by atoms with Gasteiger partial charge in [0.25, 0.3) is 0 Å². The van der Waals surface area contributed by atoms with Gasteiger partial charge in [-0.15, -0.1) is 0 Å². The maximum Gasteiger partial charge on any atom is 0.220 e. The van der Waals surface area contributed by atoms with Crippen molar-refractivity contribution >= 4 is 18.5 Å². The summed E-state index contributed by atoms with van der Waals surface area (Å²) in [4.78, 5) is 10.7. The molecule has 0 bridgehead atoms. The van der Waals surface area contributed by atoms with Crippen LogP contribution in [-0.2, 0) is 11.3 Å². The van der Waals surface area contributed by atoms with Gasteiger partial charge in [-0.3, -0.25) is 9.10 Å². The lowest BCUT2D eigenvalue weighted by Gasteiger charge is -2.15. The fourth-order valence-electron chi connectivity index (χ4n) is 1.00. The third kappa shape index (κ3) is 3.81. The molecular formula is C10H14N2OS. The van der Waals surface area contributed by atoms with Crippen LogP contribution in [0.25, 0.3) is 0 Å². The molecule has 14 heavy (non-hydrogen) atoms. The highest BCUT2D eigenvalue weighted by molar-refractivity contribution is 7.95. The number of nitrogens with one attached hydrogen (secondary N) is 1. The van der Waals surface area contributed by atoms with Crippen LogP contribution in [-0.4, -0.2) is 17.3 Å². The highest BCUT2D eigenvalue weighted by Crippen LogP contribution is 2.09. The van der Waals surface area contributed by atoms with E-state index in [1.807, 2.05) is 37.3 Å². The van der Waals surface area contributed by atoms with Crippen LogP contribution in [0.3, 0.4) is 0 Å². The van der Waals surface area contributed by atoms with Crippen LogP contribution in [0.5, 0.6) is 0 Å². The van der Waals surface area contributed by atoms with E-state index in [0.717, 1.165) is 18.5 Å². The molecule has 0 saturated heterocycles. The molecule has 1 amide bonds. The number of carbonyl (C=O) groups excluding carboxylic acids is 1. The first-order valence-electron chi connectivity index (χ1n) is 4.52. The van der Waals surface area contributed by atoms with Gasteiger partial charge in [-0.25, -0.2) is 4.72 Å². The zero-order valence-corrected chi connectivity index (χ0v) is 8.96. The van der Waals surface area contributed by atoms with Gasteiger partial charge in [0.1, 0.15) is 0 Å². The smallest absolute Gasteiger partial charge is 0.220 e. The summed E-state index contributed by atoms with van der Waals surface area (Å²) in [6.07, 6.45) is 0.834. The first-order valence-corrected chi connectivity index (χ1v) is 5.30. The van der Waals surface area contributed by atoms with E-state index in [9.17, 15) is 4.79 Å². The summed E-state index contributed by atoms with van der Waals surface area (Å²) in [5, 5.41) is 0. The Balaban J connectivity index is 2.44. The summed E-state index contributed by atoms with van der Waals surface area (Å²) in [7, 11) is 0. The number of rotatable bonds is 6. The van der Waals surface area contributed by atoms with E-state index in [4.69, 9.17) is 0 Å². The summed E-state index contributed by atoms with van der Waals surface area (Å²) in [5.41, 5.74) is 1.13. The molecule has 0 spiro atoms. The Hall–Kier alpha value is -1.00. The molecule has 4 heteroatoms. The van der Waals surface area contributed by atoms with Crippen LogP contribution in [0.15, 0.2) is 30.3 Å². The standard InChI is InChI=1S/C10H14N2OS/c1-2-11-14-12(9-13)8-10-6-4-3-5-7-10/h3-7,9,11H,2,8H2,1H3. The van der Waals surface area contributed by atoms with E-state index >= 15 is 0 Å². The molecule has 0 unspecified atom stereocenters. The maximum atomic E-state index is 10.7. The molecule has 0 aliphatic carbocycles. The van der Waals surface area contributed by atoms with E-state index in [-0.39, 0.29) is 0 Å². The van der Waals surface area contributed by atoms with Crippen LogP contribution < -0.4 is 4.72 Å². The zero-order valence-electron chi connectivity index (χ0n) is 8.14. The predicted molar refractivity (Wildman–Crippen MR) is 59.3 cm³/mol. The van der Waals surface area contributed by atoms with Crippen LogP contribution in [0.4, 0.5) is 0 Å². The number of benzene rings is 1. The second-order valence-corrected chi connectivity index (χ2v) is 3.70. The minimum absolute atomic E-state index is 0.627. The average Bonchev–Trinajstić information content (AvgIpc) is 2.25.